The number of pyridine rings is 2. The molecular weight excluding hydrogens is 300 g/mol. The third-order valence-electron chi connectivity index (χ3n) is 3.63. The van der Waals surface area contributed by atoms with E-state index in [9.17, 15) is 4.79 Å². The minimum absolute atomic E-state index is 0.159. The SMILES string of the molecule is Cc1ccccc1Nc1cncc(C(=O)NCc2ccncc2)c1. The summed E-state index contributed by atoms with van der Waals surface area (Å²) in [5.41, 5.74) is 4.42. The van der Waals surface area contributed by atoms with Crippen molar-refractivity contribution in [2.45, 2.75) is 13.5 Å². The van der Waals surface area contributed by atoms with Crippen LogP contribution >= 0.6 is 0 Å². The van der Waals surface area contributed by atoms with Crippen molar-refractivity contribution in [3.8, 4) is 0 Å². The van der Waals surface area contributed by atoms with E-state index in [-0.39, 0.29) is 5.91 Å². The first kappa shape index (κ1) is 15.7. The van der Waals surface area contributed by atoms with Crippen LogP contribution in [0.2, 0.25) is 0 Å². The molecule has 0 unspecified atom stereocenters. The predicted molar refractivity (Wildman–Crippen MR) is 94.1 cm³/mol. The average Bonchev–Trinajstić information content (AvgIpc) is 2.63. The zero-order valence-electron chi connectivity index (χ0n) is 13.4. The molecule has 0 spiro atoms. The van der Waals surface area contributed by atoms with Gasteiger partial charge in [0.25, 0.3) is 5.91 Å². The van der Waals surface area contributed by atoms with E-state index in [1.54, 1.807) is 30.9 Å². The van der Waals surface area contributed by atoms with Gasteiger partial charge in [-0.25, -0.2) is 0 Å². The molecule has 0 aliphatic carbocycles. The van der Waals surface area contributed by atoms with Gasteiger partial charge in [-0.05, 0) is 42.3 Å². The van der Waals surface area contributed by atoms with Crippen LogP contribution in [0, 0.1) is 6.92 Å². The van der Waals surface area contributed by atoms with Gasteiger partial charge in [0.15, 0.2) is 0 Å². The molecule has 0 bridgehead atoms. The van der Waals surface area contributed by atoms with Crippen molar-refractivity contribution in [2.75, 3.05) is 5.32 Å². The predicted octanol–water partition coefficient (Wildman–Crippen LogP) is 3.46. The number of anilines is 2. The van der Waals surface area contributed by atoms with Crippen molar-refractivity contribution in [2.24, 2.45) is 0 Å². The first-order valence-corrected chi connectivity index (χ1v) is 7.67. The van der Waals surface area contributed by atoms with E-state index < -0.39 is 0 Å². The monoisotopic (exact) mass is 318 g/mol. The third-order valence-corrected chi connectivity index (χ3v) is 3.63. The summed E-state index contributed by atoms with van der Waals surface area (Å²) < 4.78 is 0. The number of aromatic nitrogens is 2. The largest absolute Gasteiger partial charge is 0.354 e. The van der Waals surface area contributed by atoms with E-state index in [1.807, 2.05) is 43.3 Å². The summed E-state index contributed by atoms with van der Waals surface area (Å²) in [5.74, 6) is -0.159. The van der Waals surface area contributed by atoms with Crippen molar-refractivity contribution >= 4 is 17.3 Å². The van der Waals surface area contributed by atoms with Gasteiger partial charge in [0.2, 0.25) is 0 Å². The Morgan fingerprint density at radius 2 is 1.83 bits per heavy atom. The van der Waals surface area contributed by atoms with Crippen molar-refractivity contribution in [3.63, 3.8) is 0 Å². The van der Waals surface area contributed by atoms with Gasteiger partial charge in [0.1, 0.15) is 0 Å². The fraction of sp³-hybridized carbons (Fsp3) is 0.105. The van der Waals surface area contributed by atoms with E-state index >= 15 is 0 Å². The molecule has 2 N–H and O–H groups in total. The Balaban J connectivity index is 1.68. The van der Waals surface area contributed by atoms with Crippen molar-refractivity contribution in [3.05, 3.63) is 83.9 Å². The van der Waals surface area contributed by atoms with Crippen LogP contribution in [-0.4, -0.2) is 15.9 Å². The fourth-order valence-corrected chi connectivity index (χ4v) is 2.29. The Morgan fingerprint density at radius 3 is 2.62 bits per heavy atom. The molecule has 5 heteroatoms. The number of carbonyl (C=O) groups excluding carboxylic acids is 1. The van der Waals surface area contributed by atoms with Crippen LogP contribution in [0.15, 0.2) is 67.3 Å². The summed E-state index contributed by atoms with van der Waals surface area (Å²) in [6.45, 7) is 2.48. The number of benzene rings is 1. The Morgan fingerprint density at radius 1 is 1.04 bits per heavy atom. The normalized spacial score (nSPS) is 10.2. The molecule has 0 saturated heterocycles. The number of para-hydroxylation sites is 1. The van der Waals surface area contributed by atoms with Gasteiger partial charge < -0.3 is 10.6 Å². The topological polar surface area (TPSA) is 66.9 Å². The van der Waals surface area contributed by atoms with Crippen LogP contribution in [0.25, 0.3) is 0 Å². The van der Waals surface area contributed by atoms with E-state index in [4.69, 9.17) is 0 Å². The zero-order chi connectivity index (χ0) is 16.8. The number of amides is 1. The van der Waals surface area contributed by atoms with Gasteiger partial charge in [-0.3, -0.25) is 14.8 Å². The quantitative estimate of drug-likeness (QED) is 0.756. The molecule has 0 aliphatic heterocycles. The van der Waals surface area contributed by atoms with Crippen LogP contribution in [-0.2, 0) is 6.54 Å². The van der Waals surface area contributed by atoms with Gasteiger partial charge in [0, 0.05) is 30.8 Å². The molecule has 1 aromatic carbocycles. The highest BCUT2D eigenvalue weighted by Gasteiger charge is 2.07. The highest BCUT2D eigenvalue weighted by atomic mass is 16.1. The summed E-state index contributed by atoms with van der Waals surface area (Å²) >= 11 is 0. The van der Waals surface area contributed by atoms with Crippen LogP contribution < -0.4 is 10.6 Å². The summed E-state index contributed by atoms with van der Waals surface area (Å²) in [5, 5.41) is 6.17. The molecule has 5 nitrogen and oxygen atoms in total. The Bertz CT molecular complexity index is 834. The van der Waals surface area contributed by atoms with Gasteiger partial charge in [-0.1, -0.05) is 18.2 Å². The first-order chi connectivity index (χ1) is 11.7. The maximum absolute atomic E-state index is 12.3. The lowest BCUT2D eigenvalue weighted by atomic mass is 10.2. The molecule has 0 saturated carbocycles. The molecule has 3 aromatic rings. The average molecular weight is 318 g/mol. The molecule has 0 atom stereocenters. The van der Waals surface area contributed by atoms with E-state index in [1.165, 1.54) is 0 Å². The number of nitrogens with zero attached hydrogens (tertiary/aromatic N) is 2. The van der Waals surface area contributed by atoms with Gasteiger partial charge in [-0.15, -0.1) is 0 Å². The van der Waals surface area contributed by atoms with Gasteiger partial charge >= 0.3 is 0 Å². The second kappa shape index (κ2) is 7.37. The Hall–Kier alpha value is -3.21. The van der Waals surface area contributed by atoms with Crippen molar-refractivity contribution < 1.29 is 4.79 Å². The van der Waals surface area contributed by atoms with Gasteiger partial charge in [-0.2, -0.15) is 0 Å². The molecule has 0 radical (unpaired) electrons. The second-order valence-corrected chi connectivity index (χ2v) is 5.44. The molecule has 120 valence electrons. The summed E-state index contributed by atoms with van der Waals surface area (Å²) in [6.07, 6.45) is 6.67. The summed E-state index contributed by atoms with van der Waals surface area (Å²) in [7, 11) is 0. The number of aryl methyl sites for hydroxylation is 1. The molecule has 3 rings (SSSR count). The highest BCUT2D eigenvalue weighted by Crippen LogP contribution is 2.20. The minimum Gasteiger partial charge on any atom is -0.354 e. The highest BCUT2D eigenvalue weighted by molar-refractivity contribution is 5.94. The minimum atomic E-state index is -0.159. The van der Waals surface area contributed by atoms with Crippen LogP contribution in [0.4, 0.5) is 11.4 Å². The lowest BCUT2D eigenvalue weighted by molar-refractivity contribution is 0.0950. The van der Waals surface area contributed by atoms with E-state index in [0.29, 0.717) is 12.1 Å². The zero-order valence-corrected chi connectivity index (χ0v) is 13.4. The van der Waals surface area contributed by atoms with Crippen LogP contribution in [0.5, 0.6) is 0 Å². The lowest BCUT2D eigenvalue weighted by Crippen LogP contribution is -2.23. The number of rotatable bonds is 5. The maximum Gasteiger partial charge on any atom is 0.253 e. The van der Waals surface area contributed by atoms with Crippen LogP contribution in [0.1, 0.15) is 21.5 Å². The van der Waals surface area contributed by atoms with E-state index in [0.717, 1.165) is 22.5 Å². The van der Waals surface area contributed by atoms with Gasteiger partial charge in [0.05, 0.1) is 17.4 Å². The summed E-state index contributed by atoms with van der Waals surface area (Å²) in [4.78, 5) is 20.4. The number of hydrogen-bond donors (Lipinski definition) is 2. The summed E-state index contributed by atoms with van der Waals surface area (Å²) in [6, 6.07) is 13.5. The maximum atomic E-state index is 12.3. The Kier molecular flexibility index (Phi) is 4.81. The molecule has 2 heterocycles. The second-order valence-electron chi connectivity index (χ2n) is 5.44. The number of carbonyl (C=O) groups is 1. The third kappa shape index (κ3) is 3.95. The first-order valence-electron chi connectivity index (χ1n) is 7.67. The van der Waals surface area contributed by atoms with Crippen molar-refractivity contribution in [1.82, 2.24) is 15.3 Å². The molecule has 0 aliphatic rings. The molecule has 1 amide bonds. The Labute approximate surface area is 140 Å². The lowest BCUT2D eigenvalue weighted by Gasteiger charge is -2.10. The standard InChI is InChI=1S/C19H18N4O/c1-14-4-2-3-5-18(14)23-17-10-16(12-21-13-17)19(24)22-11-15-6-8-20-9-7-15/h2-10,12-13,23H,11H2,1H3,(H,22,24). The van der Waals surface area contributed by atoms with Crippen LogP contribution in [0.3, 0.4) is 0 Å². The molecule has 24 heavy (non-hydrogen) atoms. The van der Waals surface area contributed by atoms with E-state index in [2.05, 4.69) is 20.6 Å². The fourth-order valence-electron chi connectivity index (χ4n) is 2.29. The smallest absolute Gasteiger partial charge is 0.253 e. The van der Waals surface area contributed by atoms with Crippen molar-refractivity contribution in [1.29, 1.82) is 0 Å². The molecule has 2 aromatic heterocycles. The molecule has 0 fully saturated rings. The molecular formula is C19H18N4O. The number of hydrogen-bond acceptors (Lipinski definition) is 4. The number of nitrogens with one attached hydrogen (secondary N) is 2.